The third-order valence-electron chi connectivity index (χ3n) is 3.42. The molecule has 1 saturated heterocycles. The highest BCUT2D eigenvalue weighted by Crippen LogP contribution is 2.17. The maximum Gasteiger partial charge on any atom is 0.218 e. The average molecular weight is 329 g/mol. The molecule has 0 saturated carbocycles. The van der Waals surface area contributed by atoms with Gasteiger partial charge in [0.2, 0.25) is 10.0 Å². The van der Waals surface area contributed by atoms with Crippen LogP contribution in [-0.4, -0.2) is 43.4 Å². The largest absolute Gasteiger partial charge is 0.310 e. The van der Waals surface area contributed by atoms with E-state index in [0.717, 1.165) is 29.2 Å². The van der Waals surface area contributed by atoms with Crippen molar-refractivity contribution in [3.8, 4) is 0 Å². The van der Waals surface area contributed by atoms with Gasteiger partial charge < -0.3 is 5.32 Å². The second-order valence-corrected chi connectivity index (χ2v) is 8.82. The molecule has 0 amide bonds. The van der Waals surface area contributed by atoms with Gasteiger partial charge in [-0.2, -0.15) is 16.1 Å². The fourth-order valence-electron chi connectivity index (χ4n) is 2.28. The number of nitrogens with zero attached hydrogens (tertiary/aromatic N) is 1. The lowest BCUT2D eigenvalue weighted by molar-refractivity contribution is 0.443. The van der Waals surface area contributed by atoms with Crippen molar-refractivity contribution in [3.05, 3.63) is 35.4 Å². The monoisotopic (exact) mass is 328 g/mol. The molecule has 118 valence electrons. The molecule has 1 aliphatic rings. The molecule has 6 heteroatoms. The van der Waals surface area contributed by atoms with Gasteiger partial charge in [-0.25, -0.2) is 8.42 Å². The first kappa shape index (κ1) is 16.8. The zero-order valence-electron chi connectivity index (χ0n) is 12.7. The summed E-state index contributed by atoms with van der Waals surface area (Å²) in [6, 6.07) is 8.28. The van der Waals surface area contributed by atoms with Crippen LogP contribution in [0.4, 0.5) is 0 Å². The highest BCUT2D eigenvalue weighted by atomic mass is 32.2. The lowest BCUT2D eigenvalue weighted by atomic mass is 10.1. The molecule has 1 N–H and O–H groups in total. The molecule has 2 rings (SSSR count). The van der Waals surface area contributed by atoms with Crippen LogP contribution < -0.4 is 5.32 Å². The number of hydrogen-bond donors (Lipinski definition) is 1. The molecule has 0 spiro atoms. The Morgan fingerprint density at radius 2 is 1.90 bits per heavy atom. The summed E-state index contributed by atoms with van der Waals surface area (Å²) in [5.41, 5.74) is 2.00. The molecule has 1 aromatic carbocycles. The van der Waals surface area contributed by atoms with Crippen molar-refractivity contribution in [2.45, 2.75) is 32.2 Å². The standard InChI is InChI=1S/C15H24N2O2S2/c1-13(2)16-11-14-4-3-5-15(10-14)12-21(18,19)17-6-8-20-9-7-17/h3-5,10,13,16H,6-9,11-12H2,1-2H3. The Morgan fingerprint density at radius 3 is 2.57 bits per heavy atom. The lowest BCUT2D eigenvalue weighted by Gasteiger charge is -2.25. The summed E-state index contributed by atoms with van der Waals surface area (Å²) in [5, 5.41) is 3.35. The Kier molecular flexibility index (Phi) is 6.10. The third-order valence-corrected chi connectivity index (χ3v) is 6.21. The van der Waals surface area contributed by atoms with Gasteiger partial charge in [0.1, 0.15) is 0 Å². The van der Waals surface area contributed by atoms with Gasteiger partial charge in [-0.15, -0.1) is 0 Å². The first-order chi connectivity index (χ1) is 9.97. The summed E-state index contributed by atoms with van der Waals surface area (Å²) in [4.78, 5) is 0. The van der Waals surface area contributed by atoms with E-state index in [-0.39, 0.29) is 5.75 Å². The molecular weight excluding hydrogens is 304 g/mol. The Hall–Kier alpha value is -0.560. The van der Waals surface area contributed by atoms with Gasteiger partial charge in [-0.05, 0) is 11.1 Å². The van der Waals surface area contributed by atoms with Crippen LogP contribution in [0.25, 0.3) is 0 Å². The topological polar surface area (TPSA) is 49.4 Å². The highest BCUT2D eigenvalue weighted by molar-refractivity contribution is 7.99. The summed E-state index contributed by atoms with van der Waals surface area (Å²) in [6.45, 7) is 6.25. The van der Waals surface area contributed by atoms with E-state index in [1.165, 1.54) is 0 Å². The Balaban J connectivity index is 2.02. The van der Waals surface area contributed by atoms with E-state index >= 15 is 0 Å². The SMILES string of the molecule is CC(C)NCc1cccc(CS(=O)(=O)N2CCSCC2)c1. The van der Waals surface area contributed by atoms with E-state index < -0.39 is 10.0 Å². The number of hydrogen-bond acceptors (Lipinski definition) is 4. The van der Waals surface area contributed by atoms with Crippen LogP contribution in [0.1, 0.15) is 25.0 Å². The molecule has 1 fully saturated rings. The number of benzene rings is 1. The minimum atomic E-state index is -3.18. The van der Waals surface area contributed by atoms with E-state index in [4.69, 9.17) is 0 Å². The van der Waals surface area contributed by atoms with Crippen LogP contribution in [-0.2, 0) is 22.3 Å². The average Bonchev–Trinajstić information content (AvgIpc) is 2.46. The van der Waals surface area contributed by atoms with E-state index in [1.54, 1.807) is 4.31 Å². The van der Waals surface area contributed by atoms with Gasteiger partial charge in [-0.1, -0.05) is 38.1 Å². The van der Waals surface area contributed by atoms with Crippen molar-refractivity contribution in [3.63, 3.8) is 0 Å². The van der Waals surface area contributed by atoms with Gasteiger partial charge in [0.15, 0.2) is 0 Å². The zero-order valence-corrected chi connectivity index (χ0v) is 14.3. The van der Waals surface area contributed by atoms with E-state index in [2.05, 4.69) is 19.2 Å². The number of thioether (sulfide) groups is 1. The van der Waals surface area contributed by atoms with Crippen molar-refractivity contribution in [2.24, 2.45) is 0 Å². The minimum Gasteiger partial charge on any atom is -0.310 e. The molecule has 4 nitrogen and oxygen atoms in total. The summed E-state index contributed by atoms with van der Waals surface area (Å²) in [5.74, 6) is 1.91. The predicted octanol–water partition coefficient (Wildman–Crippen LogP) is 2.06. The van der Waals surface area contributed by atoms with Crippen LogP contribution >= 0.6 is 11.8 Å². The van der Waals surface area contributed by atoms with E-state index in [0.29, 0.717) is 19.1 Å². The Labute approximate surface area is 132 Å². The summed E-state index contributed by atoms with van der Waals surface area (Å²) in [6.07, 6.45) is 0. The van der Waals surface area contributed by atoms with Crippen molar-refractivity contribution in [1.82, 2.24) is 9.62 Å². The van der Waals surface area contributed by atoms with Gasteiger partial charge in [0.05, 0.1) is 5.75 Å². The molecule has 0 unspecified atom stereocenters. The third kappa shape index (κ3) is 5.29. The highest BCUT2D eigenvalue weighted by Gasteiger charge is 2.24. The Bertz CT molecular complexity index is 553. The molecule has 1 aliphatic heterocycles. The maximum absolute atomic E-state index is 12.4. The molecule has 0 radical (unpaired) electrons. The quantitative estimate of drug-likeness (QED) is 0.868. The molecule has 0 atom stereocenters. The predicted molar refractivity (Wildman–Crippen MR) is 89.9 cm³/mol. The summed E-state index contributed by atoms with van der Waals surface area (Å²) >= 11 is 1.82. The molecular formula is C15H24N2O2S2. The van der Waals surface area contributed by atoms with Gasteiger partial charge >= 0.3 is 0 Å². The molecule has 1 aromatic rings. The maximum atomic E-state index is 12.4. The van der Waals surface area contributed by atoms with Crippen LogP contribution in [0.2, 0.25) is 0 Å². The Morgan fingerprint density at radius 1 is 1.24 bits per heavy atom. The lowest BCUT2D eigenvalue weighted by Crippen LogP contribution is -2.38. The van der Waals surface area contributed by atoms with Crippen LogP contribution in [0.5, 0.6) is 0 Å². The van der Waals surface area contributed by atoms with Crippen LogP contribution in [0.3, 0.4) is 0 Å². The molecule has 21 heavy (non-hydrogen) atoms. The molecule has 0 bridgehead atoms. The van der Waals surface area contributed by atoms with Gasteiger partial charge in [-0.3, -0.25) is 0 Å². The van der Waals surface area contributed by atoms with Gasteiger partial charge in [0.25, 0.3) is 0 Å². The number of sulfonamides is 1. The van der Waals surface area contributed by atoms with E-state index in [9.17, 15) is 8.42 Å². The van der Waals surface area contributed by atoms with Crippen molar-refractivity contribution < 1.29 is 8.42 Å². The second-order valence-electron chi connectivity index (χ2n) is 5.62. The second kappa shape index (κ2) is 7.63. The number of rotatable bonds is 6. The fraction of sp³-hybridized carbons (Fsp3) is 0.600. The first-order valence-corrected chi connectivity index (χ1v) is 10.1. The fourth-order valence-corrected chi connectivity index (χ4v) is 4.93. The van der Waals surface area contributed by atoms with Crippen molar-refractivity contribution in [1.29, 1.82) is 0 Å². The van der Waals surface area contributed by atoms with E-state index in [1.807, 2.05) is 36.0 Å². The first-order valence-electron chi connectivity index (χ1n) is 7.34. The van der Waals surface area contributed by atoms with Crippen molar-refractivity contribution >= 4 is 21.8 Å². The summed E-state index contributed by atoms with van der Waals surface area (Å²) < 4.78 is 26.5. The van der Waals surface area contributed by atoms with Gasteiger partial charge in [0, 0.05) is 37.2 Å². The van der Waals surface area contributed by atoms with Crippen molar-refractivity contribution in [2.75, 3.05) is 24.6 Å². The number of nitrogens with one attached hydrogen (secondary N) is 1. The smallest absolute Gasteiger partial charge is 0.218 e. The zero-order chi connectivity index (χ0) is 15.3. The van der Waals surface area contributed by atoms with Crippen LogP contribution in [0.15, 0.2) is 24.3 Å². The van der Waals surface area contributed by atoms with Crippen LogP contribution in [0, 0.1) is 0 Å². The molecule has 0 aromatic heterocycles. The summed E-state index contributed by atoms with van der Waals surface area (Å²) in [7, 11) is -3.18. The molecule has 1 heterocycles. The minimum absolute atomic E-state index is 0.104. The molecule has 0 aliphatic carbocycles. The normalized spacial score (nSPS) is 17.3.